The molecule has 0 fully saturated rings. The molecule has 2 rings (SSSR count). The minimum Gasteiger partial charge on any atom is -0.325 e. The number of anilines is 1. The minimum atomic E-state index is -0.248. The van der Waals surface area contributed by atoms with Crippen molar-refractivity contribution in [3.8, 4) is 0 Å². The van der Waals surface area contributed by atoms with Crippen LogP contribution in [0.5, 0.6) is 0 Å². The van der Waals surface area contributed by atoms with Crippen molar-refractivity contribution in [3.05, 3.63) is 35.7 Å². The van der Waals surface area contributed by atoms with Crippen LogP contribution in [0.15, 0.2) is 29.7 Å². The first-order chi connectivity index (χ1) is 10.4. The Morgan fingerprint density at radius 3 is 2.64 bits per heavy atom. The fourth-order valence-electron chi connectivity index (χ4n) is 2.16. The number of aryl methyl sites for hydroxylation is 2. The summed E-state index contributed by atoms with van der Waals surface area (Å²) in [6, 6.07) is 6.10. The highest BCUT2D eigenvalue weighted by atomic mass is 32.2. The van der Waals surface area contributed by atoms with Gasteiger partial charge in [-0.25, -0.2) is 0 Å². The lowest BCUT2D eigenvalue weighted by Crippen LogP contribution is -2.24. The third kappa shape index (κ3) is 3.68. The molecule has 0 aliphatic rings. The van der Waals surface area contributed by atoms with Gasteiger partial charge in [-0.3, -0.25) is 4.79 Å². The summed E-state index contributed by atoms with van der Waals surface area (Å²) in [4.78, 5) is 12.5. The van der Waals surface area contributed by atoms with E-state index in [1.165, 1.54) is 11.8 Å². The first-order valence-electron chi connectivity index (χ1n) is 7.31. The van der Waals surface area contributed by atoms with E-state index >= 15 is 0 Å². The summed E-state index contributed by atoms with van der Waals surface area (Å²) in [6.45, 7) is 8.15. The van der Waals surface area contributed by atoms with Gasteiger partial charge < -0.3 is 9.88 Å². The monoisotopic (exact) mass is 318 g/mol. The van der Waals surface area contributed by atoms with Gasteiger partial charge in [0.1, 0.15) is 6.33 Å². The van der Waals surface area contributed by atoms with E-state index in [0.717, 1.165) is 22.0 Å². The van der Waals surface area contributed by atoms with Crippen molar-refractivity contribution < 1.29 is 4.79 Å². The summed E-state index contributed by atoms with van der Waals surface area (Å²) in [5.74, 6) is 0.334. The highest BCUT2D eigenvalue weighted by Gasteiger charge is 2.19. The average molecular weight is 318 g/mol. The second-order valence-corrected chi connectivity index (χ2v) is 6.98. The lowest BCUT2D eigenvalue weighted by atomic mass is 9.98. The summed E-state index contributed by atoms with van der Waals surface area (Å²) < 4.78 is 1.81. The van der Waals surface area contributed by atoms with Crippen LogP contribution in [-0.2, 0) is 11.8 Å². The number of nitrogens with zero attached hydrogens (tertiary/aromatic N) is 3. The van der Waals surface area contributed by atoms with Crippen LogP contribution in [0.25, 0.3) is 0 Å². The molecular weight excluding hydrogens is 296 g/mol. The Morgan fingerprint density at radius 2 is 2.05 bits per heavy atom. The van der Waals surface area contributed by atoms with Crippen LogP contribution in [0.3, 0.4) is 0 Å². The van der Waals surface area contributed by atoms with Crippen molar-refractivity contribution in [2.75, 3.05) is 5.32 Å². The number of carbonyl (C=O) groups excluding carboxylic acids is 1. The Balaban J connectivity index is 2.13. The molecule has 1 amide bonds. The highest BCUT2D eigenvalue weighted by Crippen LogP contribution is 2.29. The third-order valence-corrected chi connectivity index (χ3v) is 4.64. The molecule has 0 aliphatic carbocycles. The normalized spacial score (nSPS) is 12.5. The molecule has 0 unspecified atom stereocenters. The Bertz CT molecular complexity index is 666. The van der Waals surface area contributed by atoms with Crippen molar-refractivity contribution in [2.45, 2.75) is 44.0 Å². The van der Waals surface area contributed by atoms with Gasteiger partial charge in [0.05, 0.1) is 5.25 Å². The molecule has 0 radical (unpaired) electrons. The fourth-order valence-corrected chi connectivity index (χ4v) is 2.95. The minimum absolute atomic E-state index is 0.0239. The van der Waals surface area contributed by atoms with E-state index in [4.69, 9.17) is 0 Å². The number of benzene rings is 1. The van der Waals surface area contributed by atoms with E-state index in [-0.39, 0.29) is 11.2 Å². The van der Waals surface area contributed by atoms with Gasteiger partial charge >= 0.3 is 0 Å². The number of rotatable bonds is 5. The second kappa shape index (κ2) is 6.96. The summed E-state index contributed by atoms with van der Waals surface area (Å²) in [7, 11) is 1.87. The SMILES string of the molecule is Cc1cccc(C(C)C)c1NC(=O)[C@H](C)Sc1nncn1C. The number of para-hydroxylation sites is 1. The standard InChI is InChI=1S/C16H22N4OS/c1-10(2)13-8-6-7-11(3)14(13)18-15(21)12(4)22-16-19-17-9-20(16)5/h6-10,12H,1-5H3,(H,18,21)/t12-/m0/s1. The summed E-state index contributed by atoms with van der Waals surface area (Å²) in [5, 5.41) is 11.4. The predicted octanol–water partition coefficient (Wildman–Crippen LogP) is 3.37. The molecule has 6 heteroatoms. The number of amides is 1. The van der Waals surface area contributed by atoms with Crippen molar-refractivity contribution in [1.82, 2.24) is 14.8 Å². The summed E-state index contributed by atoms with van der Waals surface area (Å²) >= 11 is 1.40. The molecule has 0 saturated carbocycles. The van der Waals surface area contributed by atoms with Gasteiger partial charge in [-0.2, -0.15) is 0 Å². The molecule has 1 aromatic heterocycles. The quantitative estimate of drug-likeness (QED) is 0.859. The number of hydrogen-bond donors (Lipinski definition) is 1. The highest BCUT2D eigenvalue weighted by molar-refractivity contribution is 8.00. The van der Waals surface area contributed by atoms with Crippen molar-refractivity contribution in [3.63, 3.8) is 0 Å². The van der Waals surface area contributed by atoms with Crippen LogP contribution in [0.4, 0.5) is 5.69 Å². The molecule has 0 aliphatic heterocycles. The van der Waals surface area contributed by atoms with Gasteiger partial charge in [0.25, 0.3) is 0 Å². The van der Waals surface area contributed by atoms with E-state index in [0.29, 0.717) is 5.92 Å². The maximum atomic E-state index is 12.5. The van der Waals surface area contributed by atoms with Gasteiger partial charge in [0, 0.05) is 12.7 Å². The number of aromatic nitrogens is 3. The third-order valence-electron chi connectivity index (χ3n) is 3.50. The van der Waals surface area contributed by atoms with Gasteiger partial charge in [-0.1, -0.05) is 43.8 Å². The van der Waals surface area contributed by atoms with Crippen LogP contribution < -0.4 is 5.32 Å². The predicted molar refractivity (Wildman–Crippen MR) is 90.2 cm³/mol. The number of thioether (sulfide) groups is 1. The van der Waals surface area contributed by atoms with Gasteiger partial charge in [0.15, 0.2) is 5.16 Å². The van der Waals surface area contributed by atoms with E-state index in [2.05, 4.69) is 35.4 Å². The van der Waals surface area contributed by atoms with E-state index in [9.17, 15) is 4.79 Å². The molecule has 22 heavy (non-hydrogen) atoms. The molecule has 1 atom stereocenters. The lowest BCUT2D eigenvalue weighted by molar-refractivity contribution is -0.115. The van der Waals surface area contributed by atoms with Crippen LogP contribution in [-0.4, -0.2) is 25.9 Å². The van der Waals surface area contributed by atoms with Crippen LogP contribution in [0, 0.1) is 6.92 Å². The zero-order valence-corrected chi connectivity index (χ0v) is 14.4. The maximum Gasteiger partial charge on any atom is 0.237 e. The molecule has 1 aromatic carbocycles. The smallest absolute Gasteiger partial charge is 0.237 e. The summed E-state index contributed by atoms with van der Waals surface area (Å²) in [5.41, 5.74) is 3.16. The molecule has 1 heterocycles. The number of hydrogen-bond acceptors (Lipinski definition) is 4. The van der Waals surface area contributed by atoms with Gasteiger partial charge in [-0.05, 0) is 30.9 Å². The molecular formula is C16H22N4OS. The fraction of sp³-hybridized carbons (Fsp3) is 0.438. The Morgan fingerprint density at radius 1 is 1.32 bits per heavy atom. The zero-order valence-electron chi connectivity index (χ0n) is 13.6. The van der Waals surface area contributed by atoms with Crippen molar-refractivity contribution in [2.24, 2.45) is 7.05 Å². The molecule has 5 nitrogen and oxygen atoms in total. The van der Waals surface area contributed by atoms with E-state index < -0.39 is 0 Å². The second-order valence-electron chi connectivity index (χ2n) is 5.67. The topological polar surface area (TPSA) is 59.8 Å². The number of nitrogens with one attached hydrogen (secondary N) is 1. The molecule has 0 spiro atoms. The first kappa shape index (κ1) is 16.5. The maximum absolute atomic E-state index is 12.5. The summed E-state index contributed by atoms with van der Waals surface area (Å²) in [6.07, 6.45) is 1.63. The number of carbonyl (C=O) groups is 1. The Kier molecular flexibility index (Phi) is 5.24. The van der Waals surface area contributed by atoms with Gasteiger partial charge in [-0.15, -0.1) is 10.2 Å². The Labute approximate surface area is 135 Å². The van der Waals surface area contributed by atoms with Crippen LogP contribution in [0.1, 0.15) is 37.8 Å². The molecule has 2 aromatic rings. The zero-order chi connectivity index (χ0) is 16.3. The van der Waals surface area contributed by atoms with E-state index in [1.54, 1.807) is 6.33 Å². The molecule has 0 saturated heterocycles. The molecule has 118 valence electrons. The van der Waals surface area contributed by atoms with Crippen LogP contribution >= 0.6 is 11.8 Å². The van der Waals surface area contributed by atoms with Crippen molar-refractivity contribution in [1.29, 1.82) is 0 Å². The van der Waals surface area contributed by atoms with Gasteiger partial charge in [0.2, 0.25) is 5.91 Å². The Hall–Kier alpha value is -1.82. The largest absolute Gasteiger partial charge is 0.325 e. The van der Waals surface area contributed by atoms with Crippen molar-refractivity contribution >= 4 is 23.4 Å². The van der Waals surface area contributed by atoms with E-state index in [1.807, 2.05) is 37.6 Å². The first-order valence-corrected chi connectivity index (χ1v) is 8.19. The van der Waals surface area contributed by atoms with Crippen LogP contribution in [0.2, 0.25) is 0 Å². The average Bonchev–Trinajstić information content (AvgIpc) is 2.86. The lowest BCUT2D eigenvalue weighted by Gasteiger charge is -2.18. The molecule has 0 bridgehead atoms. The molecule has 1 N–H and O–H groups in total.